The molecule has 0 bridgehead atoms. The SMILES string of the molecule is O=[N+]([O-])c1cccnc1CCc1ccccc1. The van der Waals surface area contributed by atoms with E-state index >= 15 is 0 Å². The van der Waals surface area contributed by atoms with Gasteiger partial charge in [-0.3, -0.25) is 15.1 Å². The first-order chi connectivity index (χ1) is 8.27. The number of aromatic nitrogens is 1. The zero-order valence-corrected chi connectivity index (χ0v) is 9.24. The van der Waals surface area contributed by atoms with Crippen LogP contribution in [0.5, 0.6) is 0 Å². The van der Waals surface area contributed by atoms with Crippen molar-refractivity contribution in [2.75, 3.05) is 0 Å². The Labute approximate surface area is 99.1 Å². The molecule has 86 valence electrons. The van der Waals surface area contributed by atoms with E-state index in [9.17, 15) is 10.1 Å². The van der Waals surface area contributed by atoms with Gasteiger partial charge in [-0.1, -0.05) is 30.3 Å². The topological polar surface area (TPSA) is 56.0 Å². The molecule has 0 radical (unpaired) electrons. The lowest BCUT2D eigenvalue weighted by Gasteiger charge is -2.02. The fourth-order valence-corrected chi connectivity index (χ4v) is 1.70. The van der Waals surface area contributed by atoms with Crippen molar-refractivity contribution in [3.05, 3.63) is 70.0 Å². The summed E-state index contributed by atoms with van der Waals surface area (Å²) in [5.74, 6) is 0. The summed E-state index contributed by atoms with van der Waals surface area (Å²) in [5, 5.41) is 10.8. The van der Waals surface area contributed by atoms with E-state index < -0.39 is 0 Å². The summed E-state index contributed by atoms with van der Waals surface area (Å²) in [6.07, 6.45) is 2.94. The molecule has 1 heterocycles. The van der Waals surface area contributed by atoms with Crippen LogP contribution in [-0.2, 0) is 12.8 Å². The van der Waals surface area contributed by atoms with Gasteiger partial charge in [0.05, 0.1) is 4.92 Å². The van der Waals surface area contributed by atoms with Gasteiger partial charge in [0.15, 0.2) is 0 Å². The lowest BCUT2D eigenvalue weighted by molar-refractivity contribution is -0.385. The molecule has 0 aliphatic carbocycles. The second-order valence-corrected chi connectivity index (χ2v) is 3.71. The number of nitro groups is 1. The highest BCUT2D eigenvalue weighted by Gasteiger charge is 2.13. The van der Waals surface area contributed by atoms with Crippen molar-refractivity contribution in [3.8, 4) is 0 Å². The van der Waals surface area contributed by atoms with Crippen molar-refractivity contribution >= 4 is 5.69 Å². The van der Waals surface area contributed by atoms with Crippen LogP contribution < -0.4 is 0 Å². The molecule has 0 spiro atoms. The van der Waals surface area contributed by atoms with Gasteiger partial charge in [-0.25, -0.2) is 0 Å². The number of pyridine rings is 1. The Morgan fingerprint density at radius 2 is 1.82 bits per heavy atom. The third-order valence-electron chi connectivity index (χ3n) is 2.56. The zero-order valence-electron chi connectivity index (χ0n) is 9.24. The van der Waals surface area contributed by atoms with Gasteiger partial charge in [0.2, 0.25) is 0 Å². The molecule has 0 aliphatic rings. The molecule has 2 rings (SSSR count). The molecule has 4 heteroatoms. The Balaban J connectivity index is 2.12. The van der Waals surface area contributed by atoms with Crippen molar-refractivity contribution < 1.29 is 4.92 Å². The van der Waals surface area contributed by atoms with Crippen LogP contribution in [0.25, 0.3) is 0 Å². The third kappa shape index (κ3) is 2.87. The third-order valence-corrected chi connectivity index (χ3v) is 2.56. The maximum Gasteiger partial charge on any atom is 0.290 e. The number of hydrogen-bond donors (Lipinski definition) is 0. The van der Waals surface area contributed by atoms with E-state index in [0.717, 1.165) is 12.0 Å². The maximum atomic E-state index is 10.8. The second-order valence-electron chi connectivity index (χ2n) is 3.71. The largest absolute Gasteiger partial charge is 0.290 e. The van der Waals surface area contributed by atoms with Crippen LogP contribution in [0.1, 0.15) is 11.3 Å². The summed E-state index contributed by atoms with van der Waals surface area (Å²) in [7, 11) is 0. The highest BCUT2D eigenvalue weighted by Crippen LogP contribution is 2.17. The van der Waals surface area contributed by atoms with Crippen molar-refractivity contribution in [3.63, 3.8) is 0 Å². The molecule has 0 aliphatic heterocycles. The van der Waals surface area contributed by atoms with Crippen LogP contribution in [0, 0.1) is 10.1 Å². The molecule has 0 N–H and O–H groups in total. The van der Waals surface area contributed by atoms with Crippen molar-refractivity contribution in [1.29, 1.82) is 0 Å². The Morgan fingerprint density at radius 3 is 2.53 bits per heavy atom. The zero-order chi connectivity index (χ0) is 12.1. The molecular weight excluding hydrogens is 216 g/mol. The van der Waals surface area contributed by atoms with Gasteiger partial charge in [-0.05, 0) is 18.1 Å². The van der Waals surface area contributed by atoms with Crippen LogP contribution in [0.4, 0.5) is 5.69 Å². The molecule has 17 heavy (non-hydrogen) atoms. The van der Waals surface area contributed by atoms with E-state index in [1.165, 1.54) is 6.07 Å². The quantitative estimate of drug-likeness (QED) is 0.597. The summed E-state index contributed by atoms with van der Waals surface area (Å²) < 4.78 is 0. The van der Waals surface area contributed by atoms with E-state index in [1.807, 2.05) is 30.3 Å². The van der Waals surface area contributed by atoms with Gasteiger partial charge >= 0.3 is 0 Å². The normalized spacial score (nSPS) is 10.1. The Kier molecular flexibility index (Phi) is 3.45. The molecule has 0 atom stereocenters. The van der Waals surface area contributed by atoms with E-state index in [2.05, 4.69) is 4.98 Å². The van der Waals surface area contributed by atoms with Crippen molar-refractivity contribution in [1.82, 2.24) is 4.98 Å². The highest BCUT2D eigenvalue weighted by molar-refractivity contribution is 5.35. The minimum Gasteiger partial charge on any atom is -0.258 e. The molecule has 0 unspecified atom stereocenters. The van der Waals surface area contributed by atoms with Gasteiger partial charge in [0, 0.05) is 18.7 Å². The van der Waals surface area contributed by atoms with Gasteiger partial charge in [0.1, 0.15) is 5.69 Å². The molecule has 0 saturated carbocycles. The van der Waals surface area contributed by atoms with E-state index in [0.29, 0.717) is 12.1 Å². The minimum absolute atomic E-state index is 0.100. The van der Waals surface area contributed by atoms with Crippen molar-refractivity contribution in [2.45, 2.75) is 12.8 Å². The highest BCUT2D eigenvalue weighted by atomic mass is 16.6. The molecule has 0 amide bonds. The lowest BCUT2D eigenvalue weighted by Crippen LogP contribution is -2.00. The van der Waals surface area contributed by atoms with Crippen LogP contribution in [-0.4, -0.2) is 9.91 Å². The average molecular weight is 228 g/mol. The first-order valence-corrected chi connectivity index (χ1v) is 5.39. The molecule has 0 fully saturated rings. The maximum absolute atomic E-state index is 10.8. The van der Waals surface area contributed by atoms with Crippen LogP contribution >= 0.6 is 0 Å². The Morgan fingerprint density at radius 1 is 1.06 bits per heavy atom. The van der Waals surface area contributed by atoms with Gasteiger partial charge in [0.25, 0.3) is 5.69 Å². The lowest BCUT2D eigenvalue weighted by atomic mass is 10.1. The fraction of sp³-hybridized carbons (Fsp3) is 0.154. The van der Waals surface area contributed by atoms with E-state index in [4.69, 9.17) is 0 Å². The van der Waals surface area contributed by atoms with Crippen molar-refractivity contribution in [2.24, 2.45) is 0 Å². The number of hydrogen-bond acceptors (Lipinski definition) is 3. The number of rotatable bonds is 4. The summed E-state index contributed by atoms with van der Waals surface area (Å²) in [5.41, 5.74) is 1.80. The second kappa shape index (κ2) is 5.21. The minimum atomic E-state index is -0.382. The Hall–Kier alpha value is -2.23. The standard InChI is InChI=1S/C13H12N2O2/c16-15(17)13-7-4-10-14-12(13)9-8-11-5-2-1-3-6-11/h1-7,10H,8-9H2. The molecule has 0 saturated heterocycles. The first-order valence-electron chi connectivity index (χ1n) is 5.39. The average Bonchev–Trinajstić information content (AvgIpc) is 2.38. The van der Waals surface area contributed by atoms with E-state index in [1.54, 1.807) is 12.3 Å². The van der Waals surface area contributed by atoms with Gasteiger partial charge < -0.3 is 0 Å². The molecular formula is C13H12N2O2. The van der Waals surface area contributed by atoms with Crippen LogP contribution in [0.15, 0.2) is 48.7 Å². The summed E-state index contributed by atoms with van der Waals surface area (Å²) >= 11 is 0. The smallest absolute Gasteiger partial charge is 0.258 e. The van der Waals surface area contributed by atoms with Crippen LogP contribution in [0.2, 0.25) is 0 Å². The number of nitrogens with zero attached hydrogens (tertiary/aromatic N) is 2. The first kappa shape index (κ1) is 11.3. The van der Waals surface area contributed by atoms with E-state index in [-0.39, 0.29) is 10.6 Å². The predicted molar refractivity (Wildman–Crippen MR) is 64.7 cm³/mol. The molecule has 1 aromatic carbocycles. The molecule has 4 nitrogen and oxygen atoms in total. The Bertz CT molecular complexity index is 512. The fourth-order valence-electron chi connectivity index (χ4n) is 1.70. The van der Waals surface area contributed by atoms with Crippen LogP contribution in [0.3, 0.4) is 0 Å². The number of aryl methyl sites for hydroxylation is 2. The molecule has 2 aromatic rings. The summed E-state index contributed by atoms with van der Waals surface area (Å²) in [6, 6.07) is 13.0. The van der Waals surface area contributed by atoms with Gasteiger partial charge in [-0.2, -0.15) is 0 Å². The monoisotopic (exact) mass is 228 g/mol. The summed E-state index contributed by atoms with van der Waals surface area (Å²) in [6.45, 7) is 0. The molecule has 1 aromatic heterocycles. The number of benzene rings is 1. The summed E-state index contributed by atoms with van der Waals surface area (Å²) in [4.78, 5) is 14.5. The van der Waals surface area contributed by atoms with Gasteiger partial charge in [-0.15, -0.1) is 0 Å². The predicted octanol–water partition coefficient (Wildman–Crippen LogP) is 2.78.